The summed E-state index contributed by atoms with van der Waals surface area (Å²) in [5.41, 5.74) is 18.1. The van der Waals surface area contributed by atoms with Crippen LogP contribution in [-0.2, 0) is 10.8 Å². The van der Waals surface area contributed by atoms with E-state index >= 15 is 0 Å². The maximum Gasteiger partial charge on any atom is 0.333 e. The molecule has 54 heavy (non-hydrogen) atoms. The Kier molecular flexibility index (Phi) is 6.30. The molecule has 0 fully saturated rings. The van der Waals surface area contributed by atoms with Gasteiger partial charge >= 0.3 is 6.85 Å². The lowest BCUT2D eigenvalue weighted by molar-refractivity contribution is 0.569. The molecule has 9 aromatic rings. The highest BCUT2D eigenvalue weighted by molar-refractivity contribution is 6.90. The number of nitrogens with zero attached hydrogens (tertiary/aromatic N) is 2. The molecular weight excluding hydrogens is 655 g/mol. The number of hydrogen-bond donors (Lipinski definition) is 0. The van der Waals surface area contributed by atoms with E-state index in [1.54, 1.807) is 0 Å². The maximum absolute atomic E-state index is 6.83. The van der Waals surface area contributed by atoms with Crippen molar-refractivity contribution >= 4 is 78.6 Å². The van der Waals surface area contributed by atoms with Crippen molar-refractivity contribution in [3.05, 3.63) is 151 Å². The average molecular weight is 697 g/mol. The van der Waals surface area contributed by atoms with Crippen LogP contribution in [0.5, 0.6) is 0 Å². The third-order valence-electron chi connectivity index (χ3n) is 12.0. The SMILES string of the molecule is CC(C)(C)c1cc(N2c3ccc(-c4ccccc4)cc3B3c4c2cc2oc5ccccc5c2c4-c2cccc4c5ccccc5n3c24)cc(C(C)(C)C)c1. The molecule has 3 nitrogen and oxygen atoms in total. The van der Waals surface area contributed by atoms with Crippen LogP contribution in [-0.4, -0.2) is 11.3 Å². The zero-order valence-corrected chi connectivity index (χ0v) is 31.7. The van der Waals surface area contributed by atoms with Gasteiger partial charge in [-0.25, -0.2) is 0 Å². The summed E-state index contributed by atoms with van der Waals surface area (Å²) in [6, 6.07) is 52.0. The zero-order chi connectivity index (χ0) is 36.7. The first-order chi connectivity index (χ1) is 26.1. The number of aromatic nitrogens is 1. The van der Waals surface area contributed by atoms with E-state index < -0.39 is 0 Å². The van der Waals surface area contributed by atoms with E-state index in [2.05, 4.69) is 190 Å². The van der Waals surface area contributed by atoms with E-state index in [0.29, 0.717) is 0 Å². The van der Waals surface area contributed by atoms with Crippen molar-refractivity contribution in [2.45, 2.75) is 52.4 Å². The average Bonchev–Trinajstić information content (AvgIpc) is 3.71. The Morgan fingerprint density at radius 1 is 0.537 bits per heavy atom. The molecule has 2 aromatic heterocycles. The van der Waals surface area contributed by atoms with Crippen molar-refractivity contribution in [2.75, 3.05) is 4.90 Å². The largest absolute Gasteiger partial charge is 0.456 e. The van der Waals surface area contributed by atoms with Crippen LogP contribution in [0.25, 0.3) is 66.0 Å². The van der Waals surface area contributed by atoms with Gasteiger partial charge in [-0.3, -0.25) is 0 Å². The first kappa shape index (κ1) is 31.5. The van der Waals surface area contributed by atoms with Gasteiger partial charge in [-0.1, -0.05) is 145 Å². The topological polar surface area (TPSA) is 21.3 Å². The Morgan fingerprint density at radius 2 is 1.22 bits per heavy atom. The molecule has 0 aliphatic carbocycles. The quantitative estimate of drug-likeness (QED) is 0.168. The highest BCUT2D eigenvalue weighted by atomic mass is 16.3. The number of fused-ring (bicyclic) bond motifs is 11. The minimum Gasteiger partial charge on any atom is -0.456 e. The van der Waals surface area contributed by atoms with Crippen molar-refractivity contribution in [1.82, 2.24) is 4.48 Å². The highest BCUT2D eigenvalue weighted by Crippen LogP contribution is 2.50. The summed E-state index contributed by atoms with van der Waals surface area (Å²) in [6.45, 7) is 13.9. The normalized spacial score (nSPS) is 13.7. The summed E-state index contributed by atoms with van der Waals surface area (Å²) >= 11 is 0. The Bertz CT molecular complexity index is 2990. The number of para-hydroxylation sites is 3. The van der Waals surface area contributed by atoms with Crippen LogP contribution in [0.4, 0.5) is 17.1 Å². The summed E-state index contributed by atoms with van der Waals surface area (Å²) < 4.78 is 9.48. The second-order valence-electron chi connectivity index (χ2n) is 17.4. The summed E-state index contributed by atoms with van der Waals surface area (Å²) in [4.78, 5) is 2.55. The fourth-order valence-corrected chi connectivity index (χ4v) is 9.38. The van der Waals surface area contributed by atoms with Crippen LogP contribution in [0.1, 0.15) is 52.7 Å². The molecule has 260 valence electrons. The molecule has 0 N–H and O–H groups in total. The predicted octanol–water partition coefficient (Wildman–Crippen LogP) is 12.4. The summed E-state index contributed by atoms with van der Waals surface area (Å²) in [5, 5.41) is 4.93. The molecule has 11 rings (SSSR count). The first-order valence-electron chi connectivity index (χ1n) is 19.2. The fourth-order valence-electron chi connectivity index (χ4n) is 9.38. The number of furan rings is 1. The van der Waals surface area contributed by atoms with Crippen LogP contribution in [0.2, 0.25) is 0 Å². The lowest BCUT2D eigenvalue weighted by Crippen LogP contribution is -2.56. The van der Waals surface area contributed by atoms with Gasteiger partial charge in [0.15, 0.2) is 0 Å². The third-order valence-corrected chi connectivity index (χ3v) is 12.0. The van der Waals surface area contributed by atoms with Crippen molar-refractivity contribution in [1.29, 1.82) is 0 Å². The Morgan fingerprint density at radius 3 is 1.98 bits per heavy atom. The lowest BCUT2D eigenvalue weighted by atomic mass is 9.44. The van der Waals surface area contributed by atoms with Gasteiger partial charge in [0.25, 0.3) is 0 Å². The molecule has 4 heterocycles. The van der Waals surface area contributed by atoms with Crippen LogP contribution in [0.3, 0.4) is 0 Å². The summed E-state index contributed by atoms with van der Waals surface area (Å²) in [5.74, 6) is 0. The van der Waals surface area contributed by atoms with Crippen LogP contribution >= 0.6 is 0 Å². The Labute approximate surface area is 316 Å². The van der Waals surface area contributed by atoms with Crippen LogP contribution < -0.4 is 15.8 Å². The maximum atomic E-state index is 6.83. The molecular formula is C50H41BN2O. The molecule has 0 bridgehead atoms. The van der Waals surface area contributed by atoms with E-state index in [1.807, 2.05) is 0 Å². The number of benzene rings is 7. The highest BCUT2D eigenvalue weighted by Gasteiger charge is 2.44. The number of hydrogen-bond acceptors (Lipinski definition) is 2. The molecule has 0 saturated carbocycles. The fraction of sp³-hybridized carbons (Fsp3) is 0.160. The minimum absolute atomic E-state index is 0.0367. The number of anilines is 3. The Hall–Kier alpha value is -6.00. The van der Waals surface area contributed by atoms with Crippen molar-refractivity contribution in [3.63, 3.8) is 0 Å². The van der Waals surface area contributed by atoms with Crippen molar-refractivity contribution in [3.8, 4) is 22.3 Å². The smallest absolute Gasteiger partial charge is 0.333 e. The summed E-state index contributed by atoms with van der Waals surface area (Å²) in [7, 11) is 0. The molecule has 0 spiro atoms. The lowest BCUT2D eigenvalue weighted by Gasteiger charge is -2.41. The molecule has 4 heteroatoms. The molecule has 0 amide bonds. The van der Waals surface area contributed by atoms with Crippen molar-refractivity contribution < 1.29 is 4.42 Å². The molecule has 0 unspecified atom stereocenters. The second-order valence-corrected chi connectivity index (χ2v) is 17.4. The Balaban J connectivity index is 1.35. The van der Waals surface area contributed by atoms with Crippen molar-refractivity contribution in [2.24, 2.45) is 0 Å². The van der Waals surface area contributed by atoms with Crippen LogP contribution in [0.15, 0.2) is 144 Å². The minimum atomic E-state index is -0.0619. The predicted molar refractivity (Wildman–Crippen MR) is 230 cm³/mol. The molecule has 7 aromatic carbocycles. The van der Waals surface area contributed by atoms with Gasteiger partial charge in [-0.05, 0) is 79.9 Å². The second kappa shape index (κ2) is 10.8. The number of rotatable bonds is 2. The zero-order valence-electron chi connectivity index (χ0n) is 31.7. The van der Waals surface area contributed by atoms with E-state index in [1.165, 1.54) is 88.6 Å². The van der Waals surface area contributed by atoms with Gasteiger partial charge in [0.05, 0.1) is 0 Å². The standard InChI is InChI=1S/C50H41BN2O/c1-49(2,3)32-26-33(50(4,5)6)28-34(27-32)52-41-24-23-31(30-15-8-7-9-16-30)25-39(41)51-47-42(52)29-44-45(37-18-11-13-22-43(37)54-44)46(47)38-20-14-19-36-35-17-10-12-21-40(35)53(51)48(36)38/h7-29H,1-6H3. The molecule has 2 aliphatic heterocycles. The molecule has 0 atom stereocenters. The van der Waals surface area contributed by atoms with E-state index in [9.17, 15) is 0 Å². The van der Waals surface area contributed by atoms with E-state index in [4.69, 9.17) is 4.42 Å². The molecule has 0 saturated heterocycles. The van der Waals surface area contributed by atoms with E-state index in [-0.39, 0.29) is 17.7 Å². The van der Waals surface area contributed by atoms with Gasteiger partial charge in [-0.2, -0.15) is 0 Å². The van der Waals surface area contributed by atoms with Gasteiger partial charge in [0.2, 0.25) is 0 Å². The molecule has 2 aliphatic rings. The van der Waals surface area contributed by atoms with Gasteiger partial charge < -0.3 is 13.8 Å². The third kappa shape index (κ3) is 4.31. The van der Waals surface area contributed by atoms with Gasteiger partial charge in [0, 0.05) is 61.3 Å². The monoisotopic (exact) mass is 696 g/mol. The van der Waals surface area contributed by atoms with E-state index in [0.717, 1.165) is 16.6 Å². The summed E-state index contributed by atoms with van der Waals surface area (Å²) in [6.07, 6.45) is 0. The van der Waals surface area contributed by atoms with Gasteiger partial charge in [0.1, 0.15) is 11.2 Å². The van der Waals surface area contributed by atoms with Crippen LogP contribution in [0, 0.1) is 0 Å². The first-order valence-corrected chi connectivity index (χ1v) is 19.2. The van der Waals surface area contributed by atoms with Gasteiger partial charge in [-0.15, -0.1) is 0 Å². The molecule has 0 radical (unpaired) electrons.